The summed E-state index contributed by atoms with van der Waals surface area (Å²) in [4.78, 5) is 12.9. The minimum Gasteiger partial charge on any atom is -0.508 e. The Morgan fingerprint density at radius 1 is 0.840 bits per heavy atom. The molecule has 122 valence electrons. The van der Waals surface area contributed by atoms with Crippen LogP contribution in [0, 0.1) is 0 Å². The minimum absolute atomic E-state index is 0.180. The molecule has 0 saturated carbocycles. The van der Waals surface area contributed by atoms with Crippen molar-refractivity contribution < 1.29 is 5.11 Å². The van der Waals surface area contributed by atoms with Crippen LogP contribution in [0.4, 0.5) is 5.69 Å². The number of nitrogens with two attached hydrogens (primary N) is 1. The van der Waals surface area contributed by atoms with E-state index in [0.29, 0.717) is 22.5 Å². The zero-order valence-electron chi connectivity index (χ0n) is 13.3. The fourth-order valence-corrected chi connectivity index (χ4v) is 2.81. The summed E-state index contributed by atoms with van der Waals surface area (Å²) in [6.07, 6.45) is 0. The van der Waals surface area contributed by atoms with Gasteiger partial charge in [-0.25, -0.2) is 0 Å². The van der Waals surface area contributed by atoms with Gasteiger partial charge in [-0.15, -0.1) is 0 Å². The number of rotatable bonds is 2. The van der Waals surface area contributed by atoms with Crippen molar-refractivity contribution in [2.24, 2.45) is 0 Å². The molecule has 1 aromatic heterocycles. The molecule has 1 heterocycles. The van der Waals surface area contributed by atoms with Crippen LogP contribution >= 0.6 is 0 Å². The summed E-state index contributed by atoms with van der Waals surface area (Å²) in [7, 11) is 0. The second kappa shape index (κ2) is 5.79. The molecule has 0 spiro atoms. The van der Waals surface area contributed by atoms with Gasteiger partial charge in [-0.05, 0) is 54.6 Å². The number of hydrogen-bond donors (Lipinski definition) is 2. The molecule has 0 amide bonds. The van der Waals surface area contributed by atoms with E-state index in [1.165, 1.54) is 4.68 Å². The van der Waals surface area contributed by atoms with E-state index in [9.17, 15) is 9.90 Å². The monoisotopic (exact) mass is 329 g/mol. The number of benzene rings is 3. The Balaban J connectivity index is 2.05. The fraction of sp³-hybridized carbons (Fsp3) is 0. The number of anilines is 1. The van der Waals surface area contributed by atoms with Gasteiger partial charge in [0.2, 0.25) is 0 Å². The lowest BCUT2D eigenvalue weighted by molar-refractivity contribution is 0.475. The zero-order chi connectivity index (χ0) is 17.4. The molecule has 0 aliphatic rings. The van der Waals surface area contributed by atoms with Crippen LogP contribution in [0.3, 0.4) is 0 Å². The summed E-state index contributed by atoms with van der Waals surface area (Å²) in [5.41, 5.74) is 8.30. The second-order valence-corrected chi connectivity index (χ2v) is 5.75. The van der Waals surface area contributed by atoms with E-state index < -0.39 is 0 Å². The molecule has 0 saturated heterocycles. The summed E-state index contributed by atoms with van der Waals surface area (Å²) >= 11 is 0. The van der Waals surface area contributed by atoms with E-state index in [1.807, 2.05) is 18.2 Å². The average Bonchev–Trinajstić information content (AvgIpc) is 2.64. The lowest BCUT2D eigenvalue weighted by Crippen LogP contribution is -2.22. The Labute approximate surface area is 143 Å². The number of aromatic nitrogens is 2. The molecule has 0 bridgehead atoms. The van der Waals surface area contributed by atoms with Gasteiger partial charge in [-0.1, -0.05) is 18.2 Å². The van der Waals surface area contributed by atoms with Crippen molar-refractivity contribution in [2.75, 3.05) is 5.73 Å². The molecular formula is C20H15N3O2. The summed E-state index contributed by atoms with van der Waals surface area (Å²) < 4.78 is 1.38. The van der Waals surface area contributed by atoms with Gasteiger partial charge in [0.25, 0.3) is 5.56 Å². The van der Waals surface area contributed by atoms with Crippen molar-refractivity contribution in [3.63, 3.8) is 0 Å². The number of aromatic hydroxyl groups is 1. The molecule has 4 aromatic rings. The lowest BCUT2D eigenvalue weighted by atomic mass is 10.0. The normalized spacial score (nSPS) is 10.9. The summed E-state index contributed by atoms with van der Waals surface area (Å²) in [5.74, 6) is 0.180. The minimum atomic E-state index is -0.192. The molecule has 0 aliphatic heterocycles. The third-order valence-corrected chi connectivity index (χ3v) is 4.08. The molecule has 25 heavy (non-hydrogen) atoms. The van der Waals surface area contributed by atoms with E-state index in [-0.39, 0.29) is 11.3 Å². The maximum absolute atomic E-state index is 12.9. The van der Waals surface area contributed by atoms with Gasteiger partial charge in [0.1, 0.15) is 5.75 Å². The third kappa shape index (κ3) is 2.61. The maximum Gasteiger partial charge on any atom is 0.279 e. The van der Waals surface area contributed by atoms with Crippen LogP contribution < -0.4 is 11.3 Å². The van der Waals surface area contributed by atoms with Crippen LogP contribution in [-0.4, -0.2) is 14.9 Å². The number of fused-ring (bicyclic) bond motifs is 1. The maximum atomic E-state index is 12.9. The number of phenols is 1. The van der Waals surface area contributed by atoms with E-state index in [0.717, 1.165) is 10.9 Å². The van der Waals surface area contributed by atoms with Crippen LogP contribution in [0.2, 0.25) is 0 Å². The van der Waals surface area contributed by atoms with Crippen molar-refractivity contribution in [3.05, 3.63) is 83.2 Å². The van der Waals surface area contributed by atoms with Crippen LogP contribution in [0.25, 0.3) is 27.7 Å². The first-order valence-corrected chi connectivity index (χ1v) is 7.81. The molecule has 0 atom stereocenters. The molecule has 0 radical (unpaired) electrons. The Kier molecular flexibility index (Phi) is 3.47. The highest BCUT2D eigenvalue weighted by Crippen LogP contribution is 2.26. The average molecular weight is 329 g/mol. The van der Waals surface area contributed by atoms with Crippen molar-refractivity contribution in [1.29, 1.82) is 0 Å². The Hall–Kier alpha value is -3.60. The number of nitrogens with zero attached hydrogens (tertiary/aromatic N) is 2. The van der Waals surface area contributed by atoms with Gasteiger partial charge in [-0.2, -0.15) is 9.78 Å². The SMILES string of the molecule is Nc1ccc(-n2nc(-c3ccc(O)cc3)c3ccccc3c2=O)cc1. The lowest BCUT2D eigenvalue weighted by Gasteiger charge is -2.11. The Bertz CT molecular complexity index is 1110. The zero-order valence-corrected chi connectivity index (χ0v) is 13.3. The van der Waals surface area contributed by atoms with E-state index >= 15 is 0 Å². The van der Waals surface area contributed by atoms with Gasteiger partial charge in [0, 0.05) is 16.6 Å². The third-order valence-electron chi connectivity index (χ3n) is 4.08. The second-order valence-electron chi connectivity index (χ2n) is 5.75. The van der Waals surface area contributed by atoms with Crippen LogP contribution in [0.5, 0.6) is 5.75 Å². The predicted octanol–water partition coefficient (Wildman–Crippen LogP) is 3.34. The Morgan fingerprint density at radius 3 is 2.16 bits per heavy atom. The van der Waals surface area contributed by atoms with E-state index in [2.05, 4.69) is 5.10 Å². The topological polar surface area (TPSA) is 81.1 Å². The quantitative estimate of drug-likeness (QED) is 0.553. The molecular weight excluding hydrogens is 314 g/mol. The molecule has 0 fully saturated rings. The molecule has 0 unspecified atom stereocenters. The van der Waals surface area contributed by atoms with Crippen molar-refractivity contribution in [1.82, 2.24) is 9.78 Å². The molecule has 5 nitrogen and oxygen atoms in total. The highest BCUT2D eigenvalue weighted by atomic mass is 16.3. The van der Waals surface area contributed by atoms with E-state index in [1.54, 1.807) is 54.6 Å². The van der Waals surface area contributed by atoms with Gasteiger partial charge in [-0.3, -0.25) is 4.79 Å². The number of phenolic OH excluding ortho intramolecular Hbond substituents is 1. The van der Waals surface area contributed by atoms with Gasteiger partial charge in [0.05, 0.1) is 16.8 Å². The molecule has 0 aliphatic carbocycles. The van der Waals surface area contributed by atoms with Crippen LogP contribution in [0.1, 0.15) is 0 Å². The predicted molar refractivity (Wildman–Crippen MR) is 98.9 cm³/mol. The molecule has 3 N–H and O–H groups in total. The van der Waals surface area contributed by atoms with Crippen LogP contribution in [-0.2, 0) is 0 Å². The smallest absolute Gasteiger partial charge is 0.279 e. The van der Waals surface area contributed by atoms with Crippen molar-refractivity contribution in [2.45, 2.75) is 0 Å². The number of nitrogen functional groups attached to an aromatic ring is 1. The highest BCUT2D eigenvalue weighted by Gasteiger charge is 2.13. The molecule has 3 aromatic carbocycles. The fourth-order valence-electron chi connectivity index (χ4n) is 2.81. The first kappa shape index (κ1) is 15.0. The van der Waals surface area contributed by atoms with Gasteiger partial charge in [0.15, 0.2) is 0 Å². The largest absolute Gasteiger partial charge is 0.508 e. The highest BCUT2D eigenvalue weighted by molar-refractivity contribution is 5.94. The molecule has 4 rings (SSSR count). The van der Waals surface area contributed by atoms with Crippen molar-refractivity contribution in [3.8, 4) is 22.7 Å². The van der Waals surface area contributed by atoms with E-state index in [4.69, 9.17) is 5.73 Å². The Morgan fingerprint density at radius 2 is 1.48 bits per heavy atom. The van der Waals surface area contributed by atoms with Crippen LogP contribution in [0.15, 0.2) is 77.6 Å². The van der Waals surface area contributed by atoms with Gasteiger partial charge < -0.3 is 10.8 Å². The first-order chi connectivity index (χ1) is 12.1. The van der Waals surface area contributed by atoms with Crippen molar-refractivity contribution >= 4 is 16.5 Å². The molecule has 5 heteroatoms. The summed E-state index contributed by atoms with van der Waals surface area (Å²) in [6, 6.07) is 21.1. The standard InChI is InChI=1S/C20H15N3O2/c21-14-7-9-15(10-8-14)23-20(25)18-4-2-1-3-17(18)19(22-23)13-5-11-16(24)12-6-13/h1-12,24H,21H2. The summed E-state index contributed by atoms with van der Waals surface area (Å²) in [6.45, 7) is 0. The van der Waals surface area contributed by atoms with Gasteiger partial charge >= 0.3 is 0 Å². The first-order valence-electron chi connectivity index (χ1n) is 7.81. The number of hydrogen-bond acceptors (Lipinski definition) is 4. The summed E-state index contributed by atoms with van der Waals surface area (Å²) in [5, 5.41) is 15.5.